The Morgan fingerprint density at radius 3 is 1.65 bits per heavy atom. The van der Waals surface area contributed by atoms with Crippen molar-refractivity contribution in [2.75, 3.05) is 6.61 Å². The molecular formula is C41H35N3O4. The number of aryl methyl sites for hydroxylation is 1. The normalized spacial score (nSPS) is 12.9. The van der Waals surface area contributed by atoms with Gasteiger partial charge in [0.25, 0.3) is 0 Å². The summed E-state index contributed by atoms with van der Waals surface area (Å²) in [6, 6.07) is 43.7. The molecule has 238 valence electrons. The van der Waals surface area contributed by atoms with E-state index < -0.39 is 23.6 Å². The number of carbonyl (C=O) groups excluding carboxylic acids is 1. The van der Waals surface area contributed by atoms with Crippen LogP contribution in [0.3, 0.4) is 0 Å². The topological polar surface area (TPSA) is 84.7 Å². The van der Waals surface area contributed by atoms with Crippen LogP contribution in [0.5, 0.6) is 0 Å². The molecule has 7 heteroatoms. The summed E-state index contributed by atoms with van der Waals surface area (Å²) in [5, 5.41) is 11.0. The minimum Gasteiger partial charge on any atom is -0.480 e. The lowest BCUT2D eigenvalue weighted by Crippen LogP contribution is -2.59. The number of amides is 1. The van der Waals surface area contributed by atoms with E-state index in [2.05, 4.69) is 29.2 Å². The predicted molar refractivity (Wildman–Crippen MR) is 184 cm³/mol. The van der Waals surface area contributed by atoms with Crippen molar-refractivity contribution in [3.63, 3.8) is 0 Å². The van der Waals surface area contributed by atoms with E-state index in [9.17, 15) is 9.90 Å². The first-order valence-electron chi connectivity index (χ1n) is 16.0. The highest BCUT2D eigenvalue weighted by molar-refractivity contribution is 5.83. The molecule has 0 saturated carbocycles. The number of carbonyl (C=O) groups is 2. The number of ether oxygens (including phenoxy) is 1. The maximum absolute atomic E-state index is 15.0. The Hall–Kier alpha value is -5.95. The number of aromatic nitrogens is 2. The minimum absolute atomic E-state index is 0.0331. The zero-order chi connectivity index (χ0) is 33.1. The SMILES string of the molecule is Cn1cnc(C[C@@H](C(=O)O)N(C(=O)OCC2c3ccccc3-c3ccccc32)C(c2ccccc2)(c2ccccc2)c2ccccc2)c1. The minimum atomic E-state index is -1.38. The molecule has 0 aliphatic heterocycles. The fraction of sp³-hybridized carbons (Fsp3) is 0.146. The van der Waals surface area contributed by atoms with Crippen LogP contribution in [0, 0.1) is 0 Å². The molecule has 0 unspecified atom stereocenters. The van der Waals surface area contributed by atoms with Gasteiger partial charge in [0, 0.05) is 25.6 Å². The summed E-state index contributed by atoms with van der Waals surface area (Å²) >= 11 is 0. The van der Waals surface area contributed by atoms with Crippen molar-refractivity contribution >= 4 is 12.1 Å². The Kier molecular flexibility index (Phi) is 8.34. The Balaban J connectivity index is 1.41. The lowest BCUT2D eigenvalue weighted by molar-refractivity contribution is -0.144. The molecule has 5 aromatic carbocycles. The van der Waals surface area contributed by atoms with Gasteiger partial charge in [0.2, 0.25) is 0 Å². The summed E-state index contributed by atoms with van der Waals surface area (Å²) in [5.74, 6) is -1.37. The highest BCUT2D eigenvalue weighted by atomic mass is 16.6. The van der Waals surface area contributed by atoms with Crippen LogP contribution in [-0.2, 0) is 28.5 Å². The average molecular weight is 634 g/mol. The first-order chi connectivity index (χ1) is 23.5. The van der Waals surface area contributed by atoms with Crippen LogP contribution in [0.1, 0.15) is 39.4 Å². The standard InChI is InChI=1S/C41H35N3O4/c1-43-26-32(42-28-43)25-38(39(45)46)44(40(47)48-27-37-35-23-13-11-21-33(35)34-22-12-14-24-36(34)37)41(29-15-5-2-6-16-29,30-17-7-3-8-18-30)31-19-9-4-10-20-31/h2-24,26,28,37-38H,25,27H2,1H3,(H,45,46)/t38-/m0/s1. The first kappa shape index (κ1) is 30.7. The van der Waals surface area contributed by atoms with Gasteiger partial charge in [-0.1, -0.05) is 140 Å². The molecule has 6 aromatic rings. The van der Waals surface area contributed by atoms with Gasteiger partial charge in [-0.3, -0.25) is 4.90 Å². The molecule has 1 aliphatic carbocycles. The fourth-order valence-electron chi connectivity index (χ4n) is 7.18. The molecule has 1 aromatic heterocycles. The van der Waals surface area contributed by atoms with Crippen LogP contribution in [0.2, 0.25) is 0 Å². The van der Waals surface area contributed by atoms with E-state index in [0.29, 0.717) is 5.69 Å². The van der Waals surface area contributed by atoms with Crippen molar-refractivity contribution in [1.29, 1.82) is 0 Å². The second kappa shape index (κ2) is 13.0. The Bertz CT molecular complexity index is 1900. The molecule has 0 fully saturated rings. The maximum atomic E-state index is 15.0. The number of carboxylic acids is 1. The monoisotopic (exact) mass is 633 g/mol. The van der Waals surface area contributed by atoms with E-state index in [1.165, 1.54) is 4.90 Å². The van der Waals surface area contributed by atoms with Crippen molar-refractivity contribution < 1.29 is 19.4 Å². The van der Waals surface area contributed by atoms with Crippen LogP contribution in [0.25, 0.3) is 11.1 Å². The van der Waals surface area contributed by atoms with Crippen molar-refractivity contribution in [1.82, 2.24) is 14.5 Å². The third kappa shape index (κ3) is 5.43. The van der Waals surface area contributed by atoms with Gasteiger partial charge in [0.1, 0.15) is 18.2 Å². The molecule has 1 amide bonds. The number of hydrogen-bond acceptors (Lipinski definition) is 4. The van der Waals surface area contributed by atoms with E-state index in [1.54, 1.807) is 17.1 Å². The smallest absolute Gasteiger partial charge is 0.411 e. The molecule has 48 heavy (non-hydrogen) atoms. The summed E-state index contributed by atoms with van der Waals surface area (Å²) in [7, 11) is 1.83. The lowest BCUT2D eigenvalue weighted by Gasteiger charge is -2.47. The zero-order valence-electron chi connectivity index (χ0n) is 26.5. The molecule has 0 bridgehead atoms. The molecule has 1 heterocycles. The number of hydrogen-bond donors (Lipinski definition) is 1. The van der Waals surface area contributed by atoms with Gasteiger partial charge in [-0.2, -0.15) is 0 Å². The van der Waals surface area contributed by atoms with E-state index in [1.807, 2.05) is 122 Å². The number of rotatable bonds is 10. The maximum Gasteiger partial charge on any atom is 0.411 e. The summed E-state index contributed by atoms with van der Waals surface area (Å²) in [4.78, 5) is 34.4. The second-order valence-electron chi connectivity index (χ2n) is 12.1. The Labute approximate surface area is 279 Å². The first-order valence-corrected chi connectivity index (χ1v) is 16.0. The van der Waals surface area contributed by atoms with Crippen LogP contribution in [0.15, 0.2) is 152 Å². The van der Waals surface area contributed by atoms with Crippen molar-refractivity contribution in [3.8, 4) is 11.1 Å². The number of nitrogens with zero attached hydrogens (tertiary/aromatic N) is 3. The van der Waals surface area contributed by atoms with Gasteiger partial charge in [0.05, 0.1) is 12.0 Å². The molecule has 7 rings (SSSR count). The van der Waals surface area contributed by atoms with Gasteiger partial charge in [-0.05, 0) is 38.9 Å². The second-order valence-corrected chi connectivity index (χ2v) is 12.1. The quantitative estimate of drug-likeness (QED) is 0.157. The predicted octanol–water partition coefficient (Wildman–Crippen LogP) is 7.66. The van der Waals surface area contributed by atoms with E-state index in [-0.39, 0.29) is 18.9 Å². The van der Waals surface area contributed by atoms with Crippen molar-refractivity contribution in [2.45, 2.75) is 23.9 Å². The third-order valence-electron chi connectivity index (χ3n) is 9.23. The molecule has 0 spiro atoms. The van der Waals surface area contributed by atoms with Crippen LogP contribution in [0.4, 0.5) is 4.79 Å². The van der Waals surface area contributed by atoms with Crippen LogP contribution < -0.4 is 0 Å². The summed E-state index contributed by atoms with van der Waals surface area (Å²) in [6.07, 6.45) is 2.64. The molecule has 0 saturated heterocycles. The zero-order valence-corrected chi connectivity index (χ0v) is 26.5. The van der Waals surface area contributed by atoms with Gasteiger partial charge < -0.3 is 14.4 Å². The molecule has 0 radical (unpaired) electrons. The van der Waals surface area contributed by atoms with E-state index in [0.717, 1.165) is 38.9 Å². The lowest BCUT2D eigenvalue weighted by atomic mass is 9.74. The number of fused-ring (bicyclic) bond motifs is 3. The number of imidazole rings is 1. The van der Waals surface area contributed by atoms with Crippen molar-refractivity contribution in [3.05, 3.63) is 186 Å². The van der Waals surface area contributed by atoms with E-state index in [4.69, 9.17) is 4.74 Å². The van der Waals surface area contributed by atoms with Crippen molar-refractivity contribution in [2.24, 2.45) is 7.05 Å². The average Bonchev–Trinajstić information content (AvgIpc) is 3.69. The molecule has 1 atom stereocenters. The van der Waals surface area contributed by atoms with Gasteiger partial charge in [0.15, 0.2) is 0 Å². The van der Waals surface area contributed by atoms with Gasteiger partial charge >= 0.3 is 12.1 Å². The highest BCUT2D eigenvalue weighted by Gasteiger charge is 2.51. The van der Waals surface area contributed by atoms with Gasteiger partial charge in [-0.25, -0.2) is 14.6 Å². The summed E-state index contributed by atoms with van der Waals surface area (Å²) in [6.45, 7) is 0.0355. The molecular weight excluding hydrogens is 598 g/mol. The Morgan fingerprint density at radius 1 is 0.750 bits per heavy atom. The van der Waals surface area contributed by atoms with Crippen LogP contribution in [-0.4, -0.2) is 44.3 Å². The van der Waals surface area contributed by atoms with Crippen LogP contribution >= 0.6 is 0 Å². The Morgan fingerprint density at radius 2 is 1.21 bits per heavy atom. The fourth-order valence-corrected chi connectivity index (χ4v) is 7.18. The number of benzene rings is 5. The molecule has 1 aliphatic rings. The van der Waals surface area contributed by atoms with Gasteiger partial charge in [-0.15, -0.1) is 0 Å². The third-order valence-corrected chi connectivity index (χ3v) is 9.23. The highest BCUT2D eigenvalue weighted by Crippen LogP contribution is 2.47. The molecule has 7 nitrogen and oxygen atoms in total. The summed E-state index contributed by atoms with van der Waals surface area (Å²) in [5.41, 5.74) is 5.69. The molecule has 1 N–H and O–H groups in total. The van der Waals surface area contributed by atoms with E-state index >= 15 is 4.79 Å². The largest absolute Gasteiger partial charge is 0.480 e. The number of aliphatic carboxylic acids is 1. The summed E-state index contributed by atoms with van der Waals surface area (Å²) < 4.78 is 8.11. The number of carboxylic acid groups (broad SMARTS) is 1.